The molecular formula is C17H26ClFN2O. The maximum atomic E-state index is 13.6. The lowest BCUT2D eigenvalue weighted by Gasteiger charge is -2.23. The maximum Gasteiger partial charge on any atom is 0.223 e. The van der Waals surface area contributed by atoms with Gasteiger partial charge in [-0.3, -0.25) is 4.79 Å². The molecule has 1 fully saturated rings. The molecule has 0 aromatic heterocycles. The lowest BCUT2D eigenvalue weighted by molar-refractivity contribution is -0.124. The molecule has 5 heteroatoms. The minimum Gasteiger partial charge on any atom is -0.356 e. The summed E-state index contributed by atoms with van der Waals surface area (Å²) in [6.07, 6.45) is 3.94. The highest BCUT2D eigenvalue weighted by molar-refractivity contribution is 5.85. The van der Waals surface area contributed by atoms with Crippen molar-refractivity contribution in [2.45, 2.75) is 32.6 Å². The van der Waals surface area contributed by atoms with Gasteiger partial charge in [0.2, 0.25) is 5.91 Å². The lowest BCUT2D eigenvalue weighted by Crippen LogP contribution is -2.35. The SMILES string of the molecule is CC(Cc1ccccc1F)C(=O)NCCC1CCCNC1.Cl. The normalized spacial score (nSPS) is 19.1. The third kappa shape index (κ3) is 5.93. The molecule has 0 radical (unpaired) electrons. The van der Waals surface area contributed by atoms with E-state index in [1.165, 1.54) is 18.9 Å². The zero-order valence-electron chi connectivity index (χ0n) is 13.1. The molecule has 0 bridgehead atoms. The predicted octanol–water partition coefficient (Wildman–Crippen LogP) is 2.93. The van der Waals surface area contributed by atoms with Gasteiger partial charge in [0, 0.05) is 12.5 Å². The van der Waals surface area contributed by atoms with Crippen LogP contribution in [0.1, 0.15) is 31.7 Å². The van der Waals surface area contributed by atoms with Crippen LogP contribution in [0.2, 0.25) is 0 Å². The monoisotopic (exact) mass is 328 g/mol. The van der Waals surface area contributed by atoms with Crippen molar-refractivity contribution in [2.75, 3.05) is 19.6 Å². The number of nitrogens with one attached hydrogen (secondary N) is 2. The van der Waals surface area contributed by atoms with Crippen molar-refractivity contribution >= 4 is 18.3 Å². The van der Waals surface area contributed by atoms with Crippen LogP contribution in [0.25, 0.3) is 0 Å². The highest BCUT2D eigenvalue weighted by Gasteiger charge is 2.17. The van der Waals surface area contributed by atoms with E-state index in [2.05, 4.69) is 10.6 Å². The average Bonchev–Trinajstić information content (AvgIpc) is 2.50. The van der Waals surface area contributed by atoms with Crippen molar-refractivity contribution in [1.29, 1.82) is 0 Å². The molecule has 0 saturated carbocycles. The molecule has 2 atom stereocenters. The fourth-order valence-corrected chi connectivity index (χ4v) is 2.83. The first kappa shape index (κ1) is 18.9. The molecule has 1 heterocycles. The Morgan fingerprint density at radius 3 is 2.91 bits per heavy atom. The number of carbonyl (C=O) groups is 1. The molecule has 0 aliphatic carbocycles. The summed E-state index contributed by atoms with van der Waals surface area (Å²) in [6, 6.07) is 6.66. The van der Waals surface area contributed by atoms with Gasteiger partial charge in [-0.15, -0.1) is 12.4 Å². The summed E-state index contributed by atoms with van der Waals surface area (Å²) < 4.78 is 13.6. The fourth-order valence-electron chi connectivity index (χ4n) is 2.83. The molecule has 1 aliphatic heterocycles. The molecule has 2 unspecified atom stereocenters. The van der Waals surface area contributed by atoms with Crippen LogP contribution in [0, 0.1) is 17.7 Å². The highest BCUT2D eigenvalue weighted by atomic mass is 35.5. The van der Waals surface area contributed by atoms with Gasteiger partial charge >= 0.3 is 0 Å². The first-order valence-corrected chi connectivity index (χ1v) is 7.88. The summed E-state index contributed by atoms with van der Waals surface area (Å²) in [4.78, 5) is 12.1. The Morgan fingerprint density at radius 1 is 1.45 bits per heavy atom. The van der Waals surface area contributed by atoms with E-state index in [1.54, 1.807) is 18.2 Å². The minimum atomic E-state index is -0.231. The molecule has 0 spiro atoms. The third-order valence-corrected chi connectivity index (χ3v) is 4.18. The van der Waals surface area contributed by atoms with E-state index in [0.717, 1.165) is 19.5 Å². The zero-order chi connectivity index (χ0) is 15.1. The van der Waals surface area contributed by atoms with E-state index in [1.807, 2.05) is 6.92 Å². The lowest BCUT2D eigenvalue weighted by atomic mass is 9.96. The second-order valence-corrected chi connectivity index (χ2v) is 5.99. The Balaban J connectivity index is 0.00000242. The number of hydrogen-bond donors (Lipinski definition) is 2. The van der Waals surface area contributed by atoms with Crippen LogP contribution < -0.4 is 10.6 Å². The van der Waals surface area contributed by atoms with Gasteiger partial charge in [-0.2, -0.15) is 0 Å². The Labute approximate surface area is 138 Å². The van der Waals surface area contributed by atoms with Crippen LogP contribution in [0.3, 0.4) is 0 Å². The number of rotatable bonds is 6. The van der Waals surface area contributed by atoms with Crippen molar-refractivity contribution in [1.82, 2.24) is 10.6 Å². The van der Waals surface area contributed by atoms with Crippen molar-refractivity contribution < 1.29 is 9.18 Å². The molecule has 22 heavy (non-hydrogen) atoms. The summed E-state index contributed by atoms with van der Waals surface area (Å²) in [7, 11) is 0. The number of amides is 1. The summed E-state index contributed by atoms with van der Waals surface area (Å²) in [5.41, 5.74) is 0.608. The molecule has 1 amide bonds. The standard InChI is InChI=1S/C17H25FN2O.ClH/c1-13(11-15-6-2-3-7-16(15)18)17(21)20-10-8-14-5-4-9-19-12-14;/h2-3,6-7,13-14,19H,4-5,8-12H2,1H3,(H,20,21);1H. The van der Waals surface area contributed by atoms with Gasteiger partial charge in [0.05, 0.1) is 0 Å². The van der Waals surface area contributed by atoms with Crippen LogP contribution in [0.15, 0.2) is 24.3 Å². The fraction of sp³-hybridized carbons (Fsp3) is 0.588. The molecule has 1 aromatic carbocycles. The van der Waals surface area contributed by atoms with Gasteiger partial charge in [-0.25, -0.2) is 4.39 Å². The third-order valence-electron chi connectivity index (χ3n) is 4.18. The van der Waals surface area contributed by atoms with Crippen molar-refractivity contribution in [3.63, 3.8) is 0 Å². The van der Waals surface area contributed by atoms with E-state index in [4.69, 9.17) is 0 Å². The number of piperidine rings is 1. The van der Waals surface area contributed by atoms with Gasteiger partial charge in [-0.1, -0.05) is 25.1 Å². The van der Waals surface area contributed by atoms with E-state index in [-0.39, 0.29) is 30.0 Å². The van der Waals surface area contributed by atoms with Gasteiger partial charge < -0.3 is 10.6 Å². The second-order valence-electron chi connectivity index (χ2n) is 5.99. The summed E-state index contributed by atoms with van der Waals surface area (Å²) in [6.45, 7) is 4.74. The first-order chi connectivity index (χ1) is 10.2. The van der Waals surface area contributed by atoms with Crippen molar-refractivity contribution in [2.24, 2.45) is 11.8 Å². The number of carbonyl (C=O) groups excluding carboxylic acids is 1. The number of halogens is 2. The van der Waals surface area contributed by atoms with Crippen molar-refractivity contribution in [3.8, 4) is 0 Å². The Hall–Kier alpha value is -1.13. The quantitative estimate of drug-likeness (QED) is 0.843. The second kappa shape index (κ2) is 9.80. The van der Waals surface area contributed by atoms with E-state index < -0.39 is 0 Å². The highest BCUT2D eigenvalue weighted by Crippen LogP contribution is 2.14. The Kier molecular flexibility index (Phi) is 8.43. The van der Waals surface area contributed by atoms with Crippen LogP contribution in [-0.2, 0) is 11.2 Å². The summed E-state index contributed by atoms with van der Waals surface area (Å²) >= 11 is 0. The molecule has 124 valence electrons. The molecule has 2 rings (SSSR count). The zero-order valence-corrected chi connectivity index (χ0v) is 13.9. The van der Waals surface area contributed by atoms with Gasteiger partial charge in [0.1, 0.15) is 5.82 Å². The van der Waals surface area contributed by atoms with Gasteiger partial charge in [0.25, 0.3) is 0 Å². The van der Waals surface area contributed by atoms with Crippen LogP contribution in [0.5, 0.6) is 0 Å². The van der Waals surface area contributed by atoms with E-state index >= 15 is 0 Å². The van der Waals surface area contributed by atoms with E-state index in [9.17, 15) is 9.18 Å². The molecule has 1 saturated heterocycles. The van der Waals surface area contributed by atoms with E-state index in [0.29, 0.717) is 24.4 Å². The molecule has 2 N–H and O–H groups in total. The van der Waals surface area contributed by atoms with Crippen LogP contribution in [0.4, 0.5) is 4.39 Å². The van der Waals surface area contributed by atoms with Gasteiger partial charge in [-0.05, 0) is 56.3 Å². The molecule has 1 aliphatic rings. The topological polar surface area (TPSA) is 41.1 Å². The molecule has 3 nitrogen and oxygen atoms in total. The molecule has 1 aromatic rings. The average molecular weight is 329 g/mol. The molecular weight excluding hydrogens is 303 g/mol. The largest absolute Gasteiger partial charge is 0.356 e. The van der Waals surface area contributed by atoms with Crippen LogP contribution >= 0.6 is 12.4 Å². The first-order valence-electron chi connectivity index (χ1n) is 7.88. The minimum absolute atomic E-state index is 0. The summed E-state index contributed by atoms with van der Waals surface area (Å²) in [5, 5.41) is 6.36. The Morgan fingerprint density at radius 2 is 2.23 bits per heavy atom. The van der Waals surface area contributed by atoms with Crippen molar-refractivity contribution in [3.05, 3.63) is 35.6 Å². The smallest absolute Gasteiger partial charge is 0.223 e. The maximum absolute atomic E-state index is 13.6. The van der Waals surface area contributed by atoms with Crippen LogP contribution in [-0.4, -0.2) is 25.5 Å². The Bertz CT molecular complexity index is 464. The van der Waals surface area contributed by atoms with Gasteiger partial charge in [0.15, 0.2) is 0 Å². The number of benzene rings is 1. The predicted molar refractivity (Wildman–Crippen MR) is 89.7 cm³/mol. The summed E-state index contributed by atoms with van der Waals surface area (Å²) in [5.74, 6) is 0.250. The number of hydrogen-bond acceptors (Lipinski definition) is 2.